The zero-order valence-corrected chi connectivity index (χ0v) is 11.5. The first-order chi connectivity index (χ1) is 9.28. The van der Waals surface area contributed by atoms with Crippen LogP contribution in [0.1, 0.15) is 25.5 Å². The number of aromatic nitrogens is 2. The molecule has 0 bridgehead atoms. The van der Waals surface area contributed by atoms with Gasteiger partial charge in [-0.25, -0.2) is 0 Å². The van der Waals surface area contributed by atoms with Gasteiger partial charge < -0.3 is 10.6 Å². The van der Waals surface area contributed by atoms with Crippen molar-refractivity contribution < 1.29 is 4.79 Å². The van der Waals surface area contributed by atoms with E-state index in [1.807, 2.05) is 6.07 Å². The molecule has 0 saturated carbocycles. The van der Waals surface area contributed by atoms with Crippen LogP contribution in [-0.4, -0.2) is 53.7 Å². The van der Waals surface area contributed by atoms with Gasteiger partial charge in [0.2, 0.25) is 5.91 Å². The van der Waals surface area contributed by atoms with Gasteiger partial charge >= 0.3 is 0 Å². The van der Waals surface area contributed by atoms with Crippen LogP contribution in [-0.2, 0) is 11.2 Å². The van der Waals surface area contributed by atoms with Crippen molar-refractivity contribution in [1.29, 1.82) is 0 Å². The minimum Gasteiger partial charge on any atom is -0.315 e. The average Bonchev–Trinajstić information content (AvgIpc) is 2.65. The van der Waals surface area contributed by atoms with Gasteiger partial charge in [0.1, 0.15) is 0 Å². The van der Waals surface area contributed by atoms with E-state index in [4.69, 9.17) is 0 Å². The van der Waals surface area contributed by atoms with Crippen LogP contribution in [0.5, 0.6) is 0 Å². The standard InChI is InChI=1S/C13H23N5O/c1-2-4-11-9-12(17-16-11)15-13(19)10-18-7-3-5-14-6-8-18/h9,14H,2-8,10H2,1H3,(H2,15,16,17,19). The van der Waals surface area contributed by atoms with Gasteiger partial charge in [0.25, 0.3) is 0 Å². The molecule has 19 heavy (non-hydrogen) atoms. The number of aromatic amines is 1. The first-order valence-corrected chi connectivity index (χ1v) is 7.05. The predicted molar refractivity (Wildman–Crippen MR) is 75.1 cm³/mol. The van der Waals surface area contributed by atoms with E-state index in [1.54, 1.807) is 0 Å². The minimum absolute atomic E-state index is 0.0106. The highest BCUT2D eigenvalue weighted by molar-refractivity contribution is 5.91. The van der Waals surface area contributed by atoms with Crippen LogP contribution in [0, 0.1) is 0 Å². The Labute approximate surface area is 113 Å². The zero-order chi connectivity index (χ0) is 13.5. The molecule has 1 aromatic rings. The maximum absolute atomic E-state index is 11.9. The number of carbonyl (C=O) groups excluding carboxylic acids is 1. The molecule has 6 nitrogen and oxygen atoms in total. The quantitative estimate of drug-likeness (QED) is 0.729. The molecular weight excluding hydrogens is 242 g/mol. The predicted octanol–water partition coefficient (Wildman–Crippen LogP) is 0.596. The van der Waals surface area contributed by atoms with Crippen LogP contribution in [0.2, 0.25) is 0 Å². The summed E-state index contributed by atoms with van der Waals surface area (Å²) in [7, 11) is 0. The molecule has 106 valence electrons. The fourth-order valence-corrected chi connectivity index (χ4v) is 2.27. The maximum Gasteiger partial charge on any atom is 0.239 e. The minimum atomic E-state index is 0.0106. The van der Waals surface area contributed by atoms with E-state index in [1.165, 1.54) is 0 Å². The third-order valence-corrected chi connectivity index (χ3v) is 3.22. The third kappa shape index (κ3) is 4.65. The summed E-state index contributed by atoms with van der Waals surface area (Å²) in [6, 6.07) is 1.91. The molecule has 1 aliphatic heterocycles. The van der Waals surface area contributed by atoms with Gasteiger partial charge in [-0.05, 0) is 25.9 Å². The summed E-state index contributed by atoms with van der Waals surface area (Å²) in [6.45, 7) is 6.45. The first kappa shape index (κ1) is 14.0. The van der Waals surface area contributed by atoms with Gasteiger partial charge in [-0.15, -0.1) is 0 Å². The largest absolute Gasteiger partial charge is 0.315 e. The summed E-state index contributed by atoms with van der Waals surface area (Å²) in [5, 5.41) is 13.2. The van der Waals surface area contributed by atoms with Crippen molar-refractivity contribution in [3.63, 3.8) is 0 Å². The lowest BCUT2D eigenvalue weighted by Gasteiger charge is -2.18. The number of aryl methyl sites for hydroxylation is 1. The number of carbonyl (C=O) groups is 1. The van der Waals surface area contributed by atoms with Gasteiger partial charge in [0.15, 0.2) is 5.82 Å². The molecule has 0 unspecified atom stereocenters. The number of rotatable bonds is 5. The highest BCUT2D eigenvalue weighted by Crippen LogP contribution is 2.07. The van der Waals surface area contributed by atoms with Crippen LogP contribution in [0.15, 0.2) is 6.07 Å². The van der Waals surface area contributed by atoms with Crippen LogP contribution in [0.25, 0.3) is 0 Å². The molecule has 2 heterocycles. The number of hydrogen-bond donors (Lipinski definition) is 3. The molecule has 6 heteroatoms. The molecule has 0 atom stereocenters. The van der Waals surface area contributed by atoms with E-state index in [0.29, 0.717) is 12.4 Å². The van der Waals surface area contributed by atoms with Crippen molar-refractivity contribution in [2.24, 2.45) is 0 Å². The summed E-state index contributed by atoms with van der Waals surface area (Å²) in [4.78, 5) is 14.1. The van der Waals surface area contributed by atoms with Crippen molar-refractivity contribution in [3.05, 3.63) is 11.8 Å². The third-order valence-electron chi connectivity index (χ3n) is 3.22. The fourth-order valence-electron chi connectivity index (χ4n) is 2.27. The molecule has 1 aromatic heterocycles. The Bertz CT molecular complexity index is 395. The Morgan fingerprint density at radius 3 is 3.21 bits per heavy atom. The van der Waals surface area contributed by atoms with Gasteiger partial charge in [-0.1, -0.05) is 13.3 Å². The summed E-state index contributed by atoms with van der Waals surface area (Å²) in [5.74, 6) is 0.637. The van der Waals surface area contributed by atoms with Crippen LogP contribution < -0.4 is 10.6 Å². The van der Waals surface area contributed by atoms with Gasteiger partial charge in [-0.3, -0.25) is 14.8 Å². The van der Waals surface area contributed by atoms with Crippen LogP contribution in [0.4, 0.5) is 5.82 Å². The molecule has 0 aromatic carbocycles. The molecule has 0 aliphatic carbocycles. The van der Waals surface area contributed by atoms with E-state index in [9.17, 15) is 4.79 Å². The number of H-pyrrole nitrogens is 1. The van der Waals surface area contributed by atoms with Crippen molar-refractivity contribution in [2.75, 3.05) is 38.0 Å². The zero-order valence-electron chi connectivity index (χ0n) is 11.5. The molecule has 3 N–H and O–H groups in total. The lowest BCUT2D eigenvalue weighted by molar-refractivity contribution is -0.117. The van der Waals surface area contributed by atoms with E-state index in [0.717, 1.165) is 51.1 Å². The Morgan fingerprint density at radius 1 is 1.47 bits per heavy atom. The van der Waals surface area contributed by atoms with Crippen molar-refractivity contribution in [2.45, 2.75) is 26.2 Å². The van der Waals surface area contributed by atoms with E-state index < -0.39 is 0 Å². The Morgan fingerprint density at radius 2 is 2.37 bits per heavy atom. The van der Waals surface area contributed by atoms with Crippen LogP contribution >= 0.6 is 0 Å². The topological polar surface area (TPSA) is 73.1 Å². The van der Waals surface area contributed by atoms with Gasteiger partial charge in [0.05, 0.1) is 6.54 Å². The van der Waals surface area contributed by atoms with Crippen molar-refractivity contribution in [3.8, 4) is 0 Å². The summed E-state index contributed by atoms with van der Waals surface area (Å²) < 4.78 is 0. The molecular formula is C13H23N5O. The monoisotopic (exact) mass is 265 g/mol. The van der Waals surface area contributed by atoms with Crippen LogP contribution in [0.3, 0.4) is 0 Å². The summed E-state index contributed by atoms with van der Waals surface area (Å²) in [6.07, 6.45) is 3.12. The second-order valence-electron chi connectivity index (χ2n) is 4.96. The molecule has 2 rings (SSSR count). The molecule has 1 amide bonds. The highest BCUT2D eigenvalue weighted by atomic mass is 16.2. The fraction of sp³-hybridized carbons (Fsp3) is 0.692. The lowest BCUT2D eigenvalue weighted by Crippen LogP contribution is -2.35. The first-order valence-electron chi connectivity index (χ1n) is 7.05. The SMILES string of the molecule is CCCc1cc(NC(=O)CN2CCCNCC2)n[nH]1. The number of anilines is 1. The molecule has 0 spiro atoms. The lowest BCUT2D eigenvalue weighted by atomic mass is 10.2. The second-order valence-corrected chi connectivity index (χ2v) is 4.96. The Hall–Kier alpha value is -1.40. The average molecular weight is 265 g/mol. The number of nitrogens with one attached hydrogen (secondary N) is 3. The van der Waals surface area contributed by atoms with E-state index in [-0.39, 0.29) is 5.91 Å². The number of hydrogen-bond acceptors (Lipinski definition) is 4. The highest BCUT2D eigenvalue weighted by Gasteiger charge is 2.13. The second kappa shape index (κ2) is 7.25. The van der Waals surface area contributed by atoms with Crippen molar-refractivity contribution >= 4 is 11.7 Å². The molecule has 1 fully saturated rings. The van der Waals surface area contributed by atoms with Gasteiger partial charge in [-0.2, -0.15) is 5.10 Å². The molecule has 0 radical (unpaired) electrons. The molecule has 1 saturated heterocycles. The summed E-state index contributed by atoms with van der Waals surface area (Å²) >= 11 is 0. The Kier molecular flexibility index (Phi) is 5.35. The smallest absolute Gasteiger partial charge is 0.239 e. The maximum atomic E-state index is 11.9. The summed E-state index contributed by atoms with van der Waals surface area (Å²) in [5.41, 5.74) is 1.07. The molecule has 1 aliphatic rings. The number of nitrogens with zero attached hydrogens (tertiary/aromatic N) is 2. The Balaban J connectivity index is 1.79. The van der Waals surface area contributed by atoms with Crippen molar-refractivity contribution in [1.82, 2.24) is 20.4 Å². The normalized spacial score (nSPS) is 17.1. The number of amides is 1. The van der Waals surface area contributed by atoms with E-state index >= 15 is 0 Å². The van der Waals surface area contributed by atoms with E-state index in [2.05, 4.69) is 32.7 Å². The van der Waals surface area contributed by atoms with Gasteiger partial charge in [0, 0.05) is 24.8 Å².